The van der Waals surface area contributed by atoms with E-state index >= 15 is 0 Å². The van der Waals surface area contributed by atoms with Crippen LogP contribution >= 0.6 is 0 Å². The fourth-order valence-corrected chi connectivity index (χ4v) is 2.60. The zero-order valence-electron chi connectivity index (χ0n) is 11.7. The number of carboxylic acid groups (broad SMARTS) is 1. The average Bonchev–Trinajstić information content (AvgIpc) is 3.06. The Morgan fingerprint density at radius 2 is 2.14 bits per heavy atom. The number of hydrogen-bond acceptors (Lipinski definition) is 5. The van der Waals surface area contributed by atoms with Crippen LogP contribution in [0.2, 0.25) is 0 Å². The van der Waals surface area contributed by atoms with Crippen molar-refractivity contribution in [2.75, 3.05) is 13.1 Å². The Kier molecular flexibility index (Phi) is 3.71. The lowest BCUT2D eigenvalue weighted by Crippen LogP contribution is -2.40. The van der Waals surface area contributed by atoms with Gasteiger partial charge >= 0.3 is 11.9 Å². The van der Waals surface area contributed by atoms with Crippen molar-refractivity contribution >= 4 is 17.8 Å². The lowest BCUT2D eigenvalue weighted by Gasteiger charge is -2.28. The minimum atomic E-state index is -0.978. The third-order valence-electron chi connectivity index (χ3n) is 4.10. The molecule has 21 heavy (non-hydrogen) atoms. The number of nitrogens with zero attached hydrogens (tertiary/aromatic N) is 2. The monoisotopic (exact) mass is 296 g/mol. The first-order valence-corrected chi connectivity index (χ1v) is 6.55. The molecule has 0 spiro atoms. The number of carbonyl (C=O) groups excluding carboxylic acids is 1. The molecule has 1 fully saturated rings. The summed E-state index contributed by atoms with van der Waals surface area (Å²) in [6.07, 6.45) is 0.356. The number of nitro groups is 1. The molecule has 1 aliphatic heterocycles. The maximum Gasteiger partial charge on any atom is 0.433 e. The van der Waals surface area contributed by atoms with Crippen LogP contribution in [0.4, 0.5) is 5.88 Å². The molecular formula is C13H16N2O6. The minimum absolute atomic E-state index is 0.0767. The number of aliphatic carboxylic acids is 1. The van der Waals surface area contributed by atoms with Gasteiger partial charge in [-0.3, -0.25) is 19.7 Å². The van der Waals surface area contributed by atoms with E-state index in [1.54, 1.807) is 13.8 Å². The molecule has 1 amide bonds. The number of carboxylic acids is 1. The Labute approximate surface area is 120 Å². The number of amides is 1. The van der Waals surface area contributed by atoms with Crippen LogP contribution in [0, 0.1) is 21.4 Å². The van der Waals surface area contributed by atoms with Crippen molar-refractivity contribution in [1.29, 1.82) is 0 Å². The summed E-state index contributed by atoms with van der Waals surface area (Å²) in [7, 11) is 0. The van der Waals surface area contributed by atoms with Gasteiger partial charge in [-0.25, -0.2) is 0 Å². The van der Waals surface area contributed by atoms with E-state index in [0.29, 0.717) is 6.42 Å². The zero-order valence-corrected chi connectivity index (χ0v) is 11.7. The molecule has 0 saturated carbocycles. The topological polar surface area (TPSA) is 114 Å². The van der Waals surface area contributed by atoms with Gasteiger partial charge < -0.3 is 14.4 Å². The molecule has 0 aliphatic carbocycles. The summed E-state index contributed by atoms with van der Waals surface area (Å²) in [5, 5.41) is 20.0. The van der Waals surface area contributed by atoms with Crippen molar-refractivity contribution in [3.63, 3.8) is 0 Å². The average molecular weight is 296 g/mol. The van der Waals surface area contributed by atoms with E-state index in [-0.39, 0.29) is 24.8 Å². The van der Waals surface area contributed by atoms with Gasteiger partial charge in [0, 0.05) is 13.1 Å². The Morgan fingerprint density at radius 3 is 2.57 bits per heavy atom. The standard InChI is InChI=1S/C13H16N2O6/c1-8(2)13(12(17)18)5-6-14(7-13)11(16)9-3-4-10(21-9)15(19)20/h3-4,8H,5-7H2,1-2H3,(H,17,18). The van der Waals surface area contributed by atoms with Crippen molar-refractivity contribution < 1.29 is 24.0 Å². The summed E-state index contributed by atoms with van der Waals surface area (Å²) >= 11 is 0. The van der Waals surface area contributed by atoms with Crippen LogP contribution in [0.5, 0.6) is 0 Å². The van der Waals surface area contributed by atoms with Crippen molar-refractivity contribution in [1.82, 2.24) is 4.90 Å². The van der Waals surface area contributed by atoms with Gasteiger partial charge in [0.25, 0.3) is 5.91 Å². The molecule has 0 radical (unpaired) electrons. The van der Waals surface area contributed by atoms with E-state index in [9.17, 15) is 24.8 Å². The first-order valence-electron chi connectivity index (χ1n) is 6.55. The van der Waals surface area contributed by atoms with E-state index in [1.807, 2.05) is 0 Å². The highest BCUT2D eigenvalue weighted by atomic mass is 16.6. The van der Waals surface area contributed by atoms with Crippen LogP contribution in [0.25, 0.3) is 0 Å². The van der Waals surface area contributed by atoms with Crippen LogP contribution < -0.4 is 0 Å². The molecule has 1 saturated heterocycles. The Morgan fingerprint density at radius 1 is 1.48 bits per heavy atom. The Balaban J connectivity index is 2.18. The van der Waals surface area contributed by atoms with Gasteiger partial charge in [0.1, 0.15) is 4.92 Å². The molecule has 1 unspecified atom stereocenters. The second-order valence-corrected chi connectivity index (χ2v) is 5.49. The molecule has 8 nitrogen and oxygen atoms in total. The van der Waals surface area contributed by atoms with Gasteiger partial charge in [-0.2, -0.15) is 0 Å². The third kappa shape index (κ3) is 2.48. The highest BCUT2D eigenvalue weighted by Crippen LogP contribution is 2.38. The minimum Gasteiger partial charge on any atom is -0.481 e. The van der Waals surface area contributed by atoms with Crippen molar-refractivity contribution in [3.05, 3.63) is 28.0 Å². The summed E-state index contributed by atoms with van der Waals surface area (Å²) in [4.78, 5) is 34.9. The van der Waals surface area contributed by atoms with E-state index < -0.39 is 28.1 Å². The van der Waals surface area contributed by atoms with Crippen LogP contribution in [0.15, 0.2) is 16.5 Å². The predicted octanol–water partition coefficient (Wildman–Crippen LogP) is 1.76. The Hall–Kier alpha value is -2.38. The van der Waals surface area contributed by atoms with Gasteiger partial charge in [-0.05, 0) is 18.4 Å². The normalized spacial score (nSPS) is 21.8. The molecule has 114 valence electrons. The summed E-state index contributed by atoms with van der Waals surface area (Å²) in [5.74, 6) is -2.23. The lowest BCUT2D eigenvalue weighted by atomic mass is 9.76. The largest absolute Gasteiger partial charge is 0.481 e. The molecule has 1 atom stereocenters. The van der Waals surface area contributed by atoms with Crippen molar-refractivity contribution in [2.45, 2.75) is 20.3 Å². The van der Waals surface area contributed by atoms with Gasteiger partial charge in [-0.15, -0.1) is 0 Å². The first kappa shape index (κ1) is 15.0. The molecule has 2 rings (SSSR count). The van der Waals surface area contributed by atoms with Crippen molar-refractivity contribution in [2.24, 2.45) is 11.3 Å². The lowest BCUT2D eigenvalue weighted by molar-refractivity contribution is -0.402. The molecule has 1 aromatic rings. The number of hydrogen-bond donors (Lipinski definition) is 1. The SMILES string of the molecule is CC(C)C1(C(=O)O)CCN(C(=O)c2ccc([N+](=O)[O-])o2)C1. The van der Waals surface area contributed by atoms with Crippen LogP contribution in [0.1, 0.15) is 30.8 Å². The van der Waals surface area contributed by atoms with Crippen LogP contribution in [0.3, 0.4) is 0 Å². The van der Waals surface area contributed by atoms with Crippen LogP contribution in [-0.4, -0.2) is 39.9 Å². The second-order valence-electron chi connectivity index (χ2n) is 5.49. The number of likely N-dealkylation sites (tertiary alicyclic amines) is 1. The maximum atomic E-state index is 12.2. The van der Waals surface area contributed by atoms with Gasteiger partial charge in [-0.1, -0.05) is 13.8 Å². The molecule has 1 aliphatic rings. The van der Waals surface area contributed by atoms with Crippen molar-refractivity contribution in [3.8, 4) is 0 Å². The number of rotatable bonds is 4. The fourth-order valence-electron chi connectivity index (χ4n) is 2.60. The summed E-state index contributed by atoms with van der Waals surface area (Å²) in [6.45, 7) is 3.98. The van der Waals surface area contributed by atoms with Gasteiger partial charge in [0.15, 0.2) is 5.76 Å². The Bertz CT molecular complexity index is 593. The fraction of sp³-hybridized carbons (Fsp3) is 0.538. The van der Waals surface area contributed by atoms with E-state index in [1.165, 1.54) is 11.0 Å². The highest BCUT2D eigenvalue weighted by Gasteiger charge is 2.48. The zero-order chi connectivity index (χ0) is 15.8. The van der Waals surface area contributed by atoms with Gasteiger partial charge in [0.2, 0.25) is 0 Å². The molecule has 8 heteroatoms. The molecule has 0 bridgehead atoms. The maximum absolute atomic E-state index is 12.2. The quantitative estimate of drug-likeness (QED) is 0.669. The molecule has 1 N–H and O–H groups in total. The predicted molar refractivity (Wildman–Crippen MR) is 70.8 cm³/mol. The molecular weight excluding hydrogens is 280 g/mol. The highest BCUT2D eigenvalue weighted by molar-refractivity contribution is 5.92. The summed E-state index contributed by atoms with van der Waals surface area (Å²) < 4.78 is 4.87. The van der Waals surface area contributed by atoms with E-state index in [2.05, 4.69) is 0 Å². The smallest absolute Gasteiger partial charge is 0.433 e. The third-order valence-corrected chi connectivity index (χ3v) is 4.10. The second kappa shape index (κ2) is 5.19. The van der Waals surface area contributed by atoms with E-state index in [0.717, 1.165) is 6.07 Å². The summed E-state index contributed by atoms with van der Waals surface area (Å²) in [5.41, 5.74) is -0.978. The molecule has 2 heterocycles. The molecule has 0 aromatic carbocycles. The van der Waals surface area contributed by atoms with Crippen LogP contribution in [-0.2, 0) is 4.79 Å². The molecule has 1 aromatic heterocycles. The number of furan rings is 1. The first-order chi connectivity index (χ1) is 9.78. The number of carbonyl (C=O) groups is 2. The van der Waals surface area contributed by atoms with E-state index in [4.69, 9.17) is 4.42 Å². The van der Waals surface area contributed by atoms with Gasteiger partial charge in [0.05, 0.1) is 11.5 Å². The summed E-state index contributed by atoms with van der Waals surface area (Å²) in [6, 6.07) is 2.34.